The molecular formula is C18H30N2O5. The topological polar surface area (TPSA) is 85.9 Å². The predicted octanol–water partition coefficient (Wildman–Crippen LogP) is 2.59. The molecule has 7 nitrogen and oxygen atoms in total. The fourth-order valence-electron chi connectivity index (χ4n) is 2.54. The maximum atomic E-state index is 12.0. The first-order valence-electron chi connectivity index (χ1n) is 8.44. The Kier molecular flexibility index (Phi) is 7.12. The molecule has 0 spiro atoms. The van der Waals surface area contributed by atoms with Crippen molar-refractivity contribution in [2.45, 2.75) is 83.8 Å². The first-order chi connectivity index (χ1) is 11.4. The fourth-order valence-corrected chi connectivity index (χ4v) is 2.54. The van der Waals surface area contributed by atoms with Gasteiger partial charge in [-0.3, -0.25) is 0 Å². The molecule has 0 bridgehead atoms. The second kappa shape index (κ2) is 8.43. The van der Waals surface area contributed by atoms with Gasteiger partial charge in [0.1, 0.15) is 17.8 Å². The summed E-state index contributed by atoms with van der Waals surface area (Å²) in [5, 5.41) is 5.61. The summed E-state index contributed by atoms with van der Waals surface area (Å²) in [6.07, 6.45) is 4.96. The SMILES string of the molecule is C#CCO[C@H]1C[C@H](NC(=O)OC(C)(C)C)C[C@@H]1NC(=O)OC(C)(C)C. The summed E-state index contributed by atoms with van der Waals surface area (Å²) in [4.78, 5) is 23.9. The van der Waals surface area contributed by atoms with Gasteiger partial charge in [-0.1, -0.05) is 5.92 Å². The van der Waals surface area contributed by atoms with Gasteiger partial charge in [-0.2, -0.15) is 0 Å². The lowest BCUT2D eigenvalue weighted by molar-refractivity contribution is 0.0329. The van der Waals surface area contributed by atoms with Crippen molar-refractivity contribution in [3.63, 3.8) is 0 Å². The van der Waals surface area contributed by atoms with Crippen LogP contribution in [0.2, 0.25) is 0 Å². The molecule has 0 aromatic carbocycles. The van der Waals surface area contributed by atoms with Crippen LogP contribution < -0.4 is 10.6 Å². The minimum absolute atomic E-state index is 0.135. The van der Waals surface area contributed by atoms with Crippen molar-refractivity contribution in [3.8, 4) is 12.3 Å². The summed E-state index contributed by atoms with van der Waals surface area (Å²) in [7, 11) is 0. The molecule has 2 amide bonds. The third-order valence-corrected chi connectivity index (χ3v) is 3.31. The van der Waals surface area contributed by atoms with E-state index in [4.69, 9.17) is 20.6 Å². The molecule has 1 aliphatic carbocycles. The van der Waals surface area contributed by atoms with Crippen molar-refractivity contribution >= 4 is 12.2 Å². The summed E-state index contributed by atoms with van der Waals surface area (Å²) in [6.45, 7) is 10.9. The highest BCUT2D eigenvalue weighted by molar-refractivity contribution is 5.69. The van der Waals surface area contributed by atoms with Crippen molar-refractivity contribution in [1.29, 1.82) is 0 Å². The predicted molar refractivity (Wildman–Crippen MR) is 94.1 cm³/mol. The van der Waals surface area contributed by atoms with E-state index in [1.54, 1.807) is 41.5 Å². The lowest BCUT2D eigenvalue weighted by Gasteiger charge is -2.24. The van der Waals surface area contributed by atoms with E-state index in [0.29, 0.717) is 12.8 Å². The zero-order valence-electron chi connectivity index (χ0n) is 16.0. The highest BCUT2D eigenvalue weighted by Gasteiger charge is 2.38. The van der Waals surface area contributed by atoms with E-state index in [9.17, 15) is 9.59 Å². The molecule has 0 aromatic rings. The maximum absolute atomic E-state index is 12.0. The van der Waals surface area contributed by atoms with Crippen LogP contribution in [0.3, 0.4) is 0 Å². The lowest BCUT2D eigenvalue weighted by atomic mass is 10.2. The Morgan fingerprint density at radius 3 is 2.00 bits per heavy atom. The van der Waals surface area contributed by atoms with Gasteiger partial charge >= 0.3 is 12.2 Å². The first-order valence-corrected chi connectivity index (χ1v) is 8.44. The minimum atomic E-state index is -0.591. The number of carbonyl (C=O) groups is 2. The van der Waals surface area contributed by atoms with E-state index in [1.807, 2.05) is 0 Å². The molecule has 1 rings (SSSR count). The second-order valence-corrected chi connectivity index (χ2v) is 8.12. The van der Waals surface area contributed by atoms with Crippen molar-refractivity contribution < 1.29 is 23.8 Å². The molecule has 0 aliphatic heterocycles. The third kappa shape index (κ3) is 8.64. The summed E-state index contributed by atoms with van der Waals surface area (Å²) in [6, 6.07) is -0.485. The number of amides is 2. The number of hydrogen-bond acceptors (Lipinski definition) is 5. The third-order valence-electron chi connectivity index (χ3n) is 3.31. The van der Waals surface area contributed by atoms with Crippen LogP contribution in [0.5, 0.6) is 0 Å². The first kappa shape index (κ1) is 21.1. The lowest BCUT2D eigenvalue weighted by Crippen LogP contribution is -2.44. The molecule has 2 N–H and O–H groups in total. The summed E-state index contributed by atoms with van der Waals surface area (Å²) in [5.74, 6) is 2.42. The summed E-state index contributed by atoms with van der Waals surface area (Å²) in [5.41, 5.74) is -1.16. The normalized spacial score (nSPS) is 23.5. The average molecular weight is 354 g/mol. The van der Waals surface area contributed by atoms with Crippen LogP contribution in [0.25, 0.3) is 0 Å². The van der Waals surface area contributed by atoms with E-state index >= 15 is 0 Å². The van der Waals surface area contributed by atoms with E-state index in [0.717, 1.165) is 0 Å². The number of hydrogen-bond donors (Lipinski definition) is 2. The van der Waals surface area contributed by atoms with Crippen LogP contribution >= 0.6 is 0 Å². The van der Waals surface area contributed by atoms with Crippen molar-refractivity contribution in [1.82, 2.24) is 10.6 Å². The van der Waals surface area contributed by atoms with Crippen molar-refractivity contribution in [2.24, 2.45) is 0 Å². The van der Waals surface area contributed by atoms with Gasteiger partial charge in [0.25, 0.3) is 0 Å². The molecule has 7 heteroatoms. The number of carbonyl (C=O) groups excluding carboxylic acids is 2. The highest BCUT2D eigenvalue weighted by Crippen LogP contribution is 2.24. The molecule has 0 aromatic heterocycles. The van der Waals surface area contributed by atoms with E-state index in [-0.39, 0.29) is 24.8 Å². The Bertz CT molecular complexity index is 513. The fraction of sp³-hybridized carbons (Fsp3) is 0.778. The molecular weight excluding hydrogens is 324 g/mol. The van der Waals surface area contributed by atoms with Gasteiger partial charge in [0.05, 0.1) is 12.1 Å². The Hall–Kier alpha value is -1.94. The maximum Gasteiger partial charge on any atom is 0.407 e. The number of terminal acetylenes is 1. The largest absolute Gasteiger partial charge is 0.444 e. The van der Waals surface area contributed by atoms with Crippen LogP contribution in [-0.2, 0) is 14.2 Å². The number of rotatable bonds is 4. The molecule has 0 heterocycles. The number of alkyl carbamates (subject to hydrolysis) is 2. The average Bonchev–Trinajstić information content (AvgIpc) is 2.73. The number of ether oxygens (including phenoxy) is 3. The molecule has 142 valence electrons. The molecule has 1 aliphatic rings. The van der Waals surface area contributed by atoms with Crippen molar-refractivity contribution in [2.75, 3.05) is 6.61 Å². The second-order valence-electron chi connectivity index (χ2n) is 8.12. The van der Waals surface area contributed by atoms with E-state index in [1.165, 1.54) is 0 Å². The highest BCUT2D eigenvalue weighted by atomic mass is 16.6. The zero-order chi connectivity index (χ0) is 19.3. The zero-order valence-corrected chi connectivity index (χ0v) is 16.0. The van der Waals surface area contributed by atoms with Gasteiger partial charge in [-0.15, -0.1) is 6.42 Å². The smallest absolute Gasteiger partial charge is 0.407 e. The monoisotopic (exact) mass is 354 g/mol. The molecule has 0 radical (unpaired) electrons. The van der Waals surface area contributed by atoms with Crippen LogP contribution in [0, 0.1) is 12.3 Å². The van der Waals surface area contributed by atoms with E-state index < -0.39 is 23.4 Å². The minimum Gasteiger partial charge on any atom is -0.444 e. The van der Waals surface area contributed by atoms with Crippen LogP contribution in [0.15, 0.2) is 0 Å². The standard InChI is InChI=1S/C18H30N2O5/c1-8-9-23-14-11-12(19-15(21)24-17(2,3)4)10-13(14)20-16(22)25-18(5,6)7/h1,12-14H,9-11H2,2-7H3,(H,19,21)(H,20,22)/t12-,13+,14+/m1/s1. The van der Waals surface area contributed by atoms with Gasteiger partial charge in [0.15, 0.2) is 0 Å². The van der Waals surface area contributed by atoms with Gasteiger partial charge in [-0.25, -0.2) is 9.59 Å². The van der Waals surface area contributed by atoms with Gasteiger partial charge < -0.3 is 24.8 Å². The Morgan fingerprint density at radius 1 is 1.00 bits per heavy atom. The van der Waals surface area contributed by atoms with Crippen molar-refractivity contribution in [3.05, 3.63) is 0 Å². The van der Waals surface area contributed by atoms with Gasteiger partial charge in [-0.05, 0) is 54.4 Å². The Balaban J connectivity index is 2.64. The number of nitrogens with one attached hydrogen (secondary N) is 2. The quantitative estimate of drug-likeness (QED) is 0.758. The molecule has 0 unspecified atom stereocenters. The Morgan fingerprint density at radius 2 is 1.52 bits per heavy atom. The van der Waals surface area contributed by atoms with E-state index in [2.05, 4.69) is 16.6 Å². The molecule has 0 saturated heterocycles. The van der Waals surface area contributed by atoms with Gasteiger partial charge in [0, 0.05) is 6.04 Å². The molecule has 25 heavy (non-hydrogen) atoms. The Labute approximate surface area is 150 Å². The van der Waals surface area contributed by atoms with Crippen LogP contribution in [0.1, 0.15) is 54.4 Å². The molecule has 1 fully saturated rings. The summed E-state index contributed by atoms with van der Waals surface area (Å²) < 4.78 is 16.1. The van der Waals surface area contributed by atoms with Gasteiger partial charge in [0.2, 0.25) is 0 Å². The molecule has 3 atom stereocenters. The molecule has 1 saturated carbocycles. The van der Waals surface area contributed by atoms with Crippen LogP contribution in [0.4, 0.5) is 9.59 Å². The van der Waals surface area contributed by atoms with Crippen LogP contribution in [-0.4, -0.2) is 48.2 Å². The summed E-state index contributed by atoms with van der Waals surface area (Å²) >= 11 is 0.